The summed E-state index contributed by atoms with van der Waals surface area (Å²) in [6.45, 7) is 6.73. The zero-order valence-electron chi connectivity index (χ0n) is 15.0. The molecule has 0 aromatic carbocycles. The van der Waals surface area contributed by atoms with Crippen LogP contribution in [0.15, 0.2) is 24.5 Å². The van der Waals surface area contributed by atoms with Crippen molar-refractivity contribution in [2.75, 3.05) is 49.1 Å². The Morgan fingerprint density at radius 2 is 1.50 bits per heavy atom. The van der Waals surface area contributed by atoms with E-state index in [0.717, 1.165) is 63.8 Å². The van der Waals surface area contributed by atoms with E-state index < -0.39 is 0 Å². The van der Waals surface area contributed by atoms with E-state index in [2.05, 4.69) is 29.7 Å². The van der Waals surface area contributed by atoms with Crippen LogP contribution in [-0.4, -0.2) is 70.0 Å². The van der Waals surface area contributed by atoms with E-state index in [0.29, 0.717) is 11.6 Å². The number of hydrogen-bond acceptors (Lipinski definition) is 7. The Balaban J connectivity index is 1.47. The molecule has 26 heavy (non-hydrogen) atoms. The Hall–Kier alpha value is -2.77. The molecule has 0 aliphatic carbocycles. The number of likely N-dealkylation sites (tertiary alicyclic amines) is 1. The van der Waals surface area contributed by atoms with E-state index in [-0.39, 0.29) is 5.91 Å². The molecule has 2 saturated heterocycles. The number of nitrogens with zero attached hydrogens (tertiary/aromatic N) is 7. The molecule has 0 radical (unpaired) electrons. The first-order valence-corrected chi connectivity index (χ1v) is 9.12. The number of rotatable bonds is 3. The van der Waals surface area contributed by atoms with Crippen LogP contribution >= 0.6 is 0 Å². The molecular formula is C18H23N7O. The number of anilines is 2. The Morgan fingerprint density at radius 1 is 0.885 bits per heavy atom. The van der Waals surface area contributed by atoms with Crippen LogP contribution in [-0.2, 0) is 0 Å². The van der Waals surface area contributed by atoms with Gasteiger partial charge in [-0.25, -0.2) is 19.9 Å². The number of carbonyl (C=O) groups is 1. The third-order valence-corrected chi connectivity index (χ3v) is 4.85. The van der Waals surface area contributed by atoms with Gasteiger partial charge < -0.3 is 14.7 Å². The topological polar surface area (TPSA) is 78.4 Å². The maximum absolute atomic E-state index is 12.7. The maximum Gasteiger partial charge on any atom is 0.272 e. The van der Waals surface area contributed by atoms with Crippen LogP contribution in [0.25, 0.3) is 0 Å². The Labute approximate surface area is 152 Å². The molecule has 0 N–H and O–H groups in total. The largest absolute Gasteiger partial charge is 0.337 e. The highest BCUT2D eigenvalue weighted by Gasteiger charge is 2.24. The predicted octanol–water partition coefficient (Wildman–Crippen LogP) is 1.14. The Kier molecular flexibility index (Phi) is 4.64. The minimum absolute atomic E-state index is 0.0190. The molecule has 0 bridgehead atoms. The summed E-state index contributed by atoms with van der Waals surface area (Å²) in [5.74, 6) is 1.41. The van der Waals surface area contributed by atoms with Crippen molar-refractivity contribution in [3.63, 3.8) is 0 Å². The molecule has 8 nitrogen and oxygen atoms in total. The second kappa shape index (κ2) is 7.23. The van der Waals surface area contributed by atoms with Gasteiger partial charge in [0.2, 0.25) is 11.9 Å². The van der Waals surface area contributed by atoms with Crippen LogP contribution in [0.2, 0.25) is 0 Å². The summed E-state index contributed by atoms with van der Waals surface area (Å²) in [5, 5.41) is 0. The molecule has 0 spiro atoms. The van der Waals surface area contributed by atoms with Crippen molar-refractivity contribution in [1.82, 2.24) is 24.8 Å². The monoisotopic (exact) mass is 353 g/mol. The lowest BCUT2D eigenvalue weighted by atomic mass is 10.3. The molecule has 0 saturated carbocycles. The molecule has 2 aromatic heterocycles. The van der Waals surface area contributed by atoms with Crippen molar-refractivity contribution < 1.29 is 4.79 Å². The molecule has 8 heteroatoms. The summed E-state index contributed by atoms with van der Waals surface area (Å²) in [6, 6.07) is 3.61. The molecule has 1 amide bonds. The molecular weight excluding hydrogens is 330 g/mol. The fourth-order valence-corrected chi connectivity index (χ4v) is 3.45. The van der Waals surface area contributed by atoms with Crippen LogP contribution in [0.5, 0.6) is 0 Å². The first-order valence-electron chi connectivity index (χ1n) is 9.12. The molecule has 2 aromatic rings. The second-order valence-corrected chi connectivity index (χ2v) is 6.72. The van der Waals surface area contributed by atoms with E-state index in [4.69, 9.17) is 0 Å². The predicted molar refractivity (Wildman–Crippen MR) is 98.4 cm³/mol. The fraction of sp³-hybridized carbons (Fsp3) is 0.500. The fourth-order valence-electron chi connectivity index (χ4n) is 3.45. The van der Waals surface area contributed by atoms with E-state index in [1.807, 2.05) is 17.9 Å². The molecule has 0 atom stereocenters. The SMILES string of the molecule is Cc1cc(C(=O)N2CCCC2)nc(N2CCN(c3ncccn3)CC2)n1. The highest BCUT2D eigenvalue weighted by atomic mass is 16.2. The number of hydrogen-bond donors (Lipinski definition) is 0. The summed E-state index contributed by atoms with van der Waals surface area (Å²) in [5.41, 5.74) is 1.33. The summed E-state index contributed by atoms with van der Waals surface area (Å²) in [6.07, 6.45) is 5.67. The number of carbonyl (C=O) groups excluding carboxylic acids is 1. The normalized spacial score (nSPS) is 17.7. The van der Waals surface area contributed by atoms with Gasteiger partial charge in [-0.1, -0.05) is 0 Å². The van der Waals surface area contributed by atoms with Crippen LogP contribution in [0.4, 0.5) is 11.9 Å². The molecule has 4 heterocycles. The van der Waals surface area contributed by atoms with Crippen molar-refractivity contribution in [1.29, 1.82) is 0 Å². The highest BCUT2D eigenvalue weighted by molar-refractivity contribution is 5.92. The van der Waals surface area contributed by atoms with Crippen molar-refractivity contribution >= 4 is 17.8 Å². The van der Waals surface area contributed by atoms with Gasteiger partial charge in [0.1, 0.15) is 5.69 Å². The van der Waals surface area contributed by atoms with E-state index in [1.54, 1.807) is 18.5 Å². The Bertz CT molecular complexity index is 768. The van der Waals surface area contributed by atoms with E-state index >= 15 is 0 Å². The summed E-state index contributed by atoms with van der Waals surface area (Å²) >= 11 is 0. The first-order chi connectivity index (χ1) is 12.7. The first kappa shape index (κ1) is 16.7. The van der Waals surface area contributed by atoms with Gasteiger partial charge in [0.05, 0.1) is 0 Å². The minimum Gasteiger partial charge on any atom is -0.337 e. The lowest BCUT2D eigenvalue weighted by Gasteiger charge is -2.34. The van der Waals surface area contributed by atoms with Crippen molar-refractivity contribution in [2.24, 2.45) is 0 Å². The van der Waals surface area contributed by atoms with E-state index in [1.165, 1.54) is 0 Å². The van der Waals surface area contributed by atoms with Crippen molar-refractivity contribution in [2.45, 2.75) is 19.8 Å². The van der Waals surface area contributed by atoms with Gasteiger partial charge in [-0.2, -0.15) is 0 Å². The molecule has 2 fully saturated rings. The Morgan fingerprint density at radius 3 is 2.15 bits per heavy atom. The molecule has 2 aliphatic heterocycles. The number of piperazine rings is 1. The van der Waals surface area contributed by atoms with Crippen LogP contribution in [0.1, 0.15) is 29.0 Å². The van der Waals surface area contributed by atoms with Gasteiger partial charge in [-0.3, -0.25) is 4.79 Å². The van der Waals surface area contributed by atoms with Gasteiger partial charge in [0, 0.05) is 57.4 Å². The lowest BCUT2D eigenvalue weighted by molar-refractivity contribution is 0.0787. The molecule has 136 valence electrons. The summed E-state index contributed by atoms with van der Waals surface area (Å²) in [7, 11) is 0. The molecule has 0 unspecified atom stereocenters. The number of aryl methyl sites for hydroxylation is 1. The van der Waals surface area contributed by atoms with Crippen LogP contribution in [0.3, 0.4) is 0 Å². The minimum atomic E-state index is 0.0190. The number of amides is 1. The standard InChI is InChI=1S/C18H23N7O/c1-14-13-15(16(26)23-7-2-3-8-23)22-18(21-14)25-11-9-24(10-12-25)17-19-5-4-6-20-17/h4-6,13H,2-3,7-12H2,1H3. The zero-order chi connectivity index (χ0) is 17.9. The zero-order valence-corrected chi connectivity index (χ0v) is 15.0. The van der Waals surface area contributed by atoms with Gasteiger partial charge >= 0.3 is 0 Å². The van der Waals surface area contributed by atoms with Gasteiger partial charge in [-0.15, -0.1) is 0 Å². The summed E-state index contributed by atoms with van der Waals surface area (Å²) < 4.78 is 0. The second-order valence-electron chi connectivity index (χ2n) is 6.72. The van der Waals surface area contributed by atoms with Crippen LogP contribution in [0, 0.1) is 6.92 Å². The highest BCUT2D eigenvalue weighted by Crippen LogP contribution is 2.18. The van der Waals surface area contributed by atoms with Crippen molar-refractivity contribution in [3.05, 3.63) is 35.9 Å². The van der Waals surface area contributed by atoms with Gasteiger partial charge in [0.15, 0.2) is 0 Å². The molecule has 4 rings (SSSR count). The quantitative estimate of drug-likeness (QED) is 0.819. The average Bonchev–Trinajstić information content (AvgIpc) is 3.22. The maximum atomic E-state index is 12.7. The van der Waals surface area contributed by atoms with E-state index in [9.17, 15) is 4.79 Å². The third-order valence-electron chi connectivity index (χ3n) is 4.85. The smallest absolute Gasteiger partial charge is 0.272 e. The number of aromatic nitrogens is 4. The van der Waals surface area contributed by atoms with Gasteiger partial charge in [-0.05, 0) is 31.9 Å². The summed E-state index contributed by atoms with van der Waals surface area (Å²) in [4.78, 5) is 36.6. The van der Waals surface area contributed by atoms with Gasteiger partial charge in [0.25, 0.3) is 5.91 Å². The average molecular weight is 353 g/mol. The molecule has 2 aliphatic rings. The van der Waals surface area contributed by atoms with Crippen LogP contribution < -0.4 is 9.80 Å². The lowest BCUT2D eigenvalue weighted by Crippen LogP contribution is -2.47. The third kappa shape index (κ3) is 3.44. The van der Waals surface area contributed by atoms with Crippen molar-refractivity contribution in [3.8, 4) is 0 Å².